The van der Waals surface area contributed by atoms with Gasteiger partial charge in [0.1, 0.15) is 0 Å². The molecule has 2 aromatic rings. The SMILES string of the molecule is CCCO[P@@](=O)(c1ccc(N(C)C)cc1)[C@H](O)c1ccc(Cl)cc1. The Bertz CT molecular complexity index is 701. The Kier molecular flexibility index (Phi) is 6.47. The average Bonchev–Trinajstić information content (AvgIpc) is 2.59. The van der Waals surface area contributed by atoms with Gasteiger partial charge in [-0.3, -0.25) is 4.57 Å². The van der Waals surface area contributed by atoms with Crippen LogP contribution >= 0.6 is 19.0 Å². The second kappa shape index (κ2) is 8.17. The Labute approximate surface area is 148 Å². The lowest BCUT2D eigenvalue weighted by atomic mass is 10.2. The van der Waals surface area contributed by atoms with Crippen molar-refractivity contribution < 1.29 is 14.2 Å². The Morgan fingerprint density at radius 2 is 1.71 bits per heavy atom. The van der Waals surface area contributed by atoms with Gasteiger partial charge in [0.15, 0.2) is 5.85 Å². The van der Waals surface area contributed by atoms with Gasteiger partial charge in [-0.2, -0.15) is 0 Å². The van der Waals surface area contributed by atoms with E-state index >= 15 is 0 Å². The molecule has 0 spiro atoms. The van der Waals surface area contributed by atoms with Crippen molar-refractivity contribution in [3.63, 3.8) is 0 Å². The number of nitrogens with zero attached hydrogens (tertiary/aromatic N) is 1. The van der Waals surface area contributed by atoms with Crippen LogP contribution in [0.2, 0.25) is 5.02 Å². The van der Waals surface area contributed by atoms with Crippen LogP contribution in [-0.2, 0) is 9.09 Å². The van der Waals surface area contributed by atoms with Crippen LogP contribution in [0.3, 0.4) is 0 Å². The summed E-state index contributed by atoms with van der Waals surface area (Å²) in [5.41, 5.74) is 1.51. The largest absolute Gasteiger partial charge is 0.378 e. The van der Waals surface area contributed by atoms with Gasteiger partial charge in [0.25, 0.3) is 7.37 Å². The van der Waals surface area contributed by atoms with E-state index in [0.717, 1.165) is 5.69 Å². The summed E-state index contributed by atoms with van der Waals surface area (Å²) < 4.78 is 19.2. The van der Waals surface area contributed by atoms with Crippen LogP contribution in [0.4, 0.5) is 5.69 Å². The minimum absolute atomic E-state index is 0.317. The summed E-state index contributed by atoms with van der Waals surface area (Å²) in [5, 5.41) is 11.8. The summed E-state index contributed by atoms with van der Waals surface area (Å²) in [4.78, 5) is 1.96. The van der Waals surface area contributed by atoms with Crippen LogP contribution < -0.4 is 10.2 Å². The van der Waals surface area contributed by atoms with E-state index in [4.69, 9.17) is 16.1 Å². The molecule has 4 nitrogen and oxygen atoms in total. The summed E-state index contributed by atoms with van der Waals surface area (Å²) in [5.74, 6) is -1.23. The third-order valence-electron chi connectivity index (χ3n) is 3.70. The molecule has 0 radical (unpaired) electrons. The summed E-state index contributed by atoms with van der Waals surface area (Å²) in [7, 11) is 0.398. The minimum atomic E-state index is -3.47. The summed E-state index contributed by atoms with van der Waals surface area (Å²) in [6, 6.07) is 13.9. The normalized spacial score (nSPS) is 14.9. The molecule has 0 aliphatic heterocycles. The van der Waals surface area contributed by atoms with Crippen molar-refractivity contribution in [2.45, 2.75) is 19.2 Å². The van der Waals surface area contributed by atoms with Crippen LogP contribution in [0.15, 0.2) is 48.5 Å². The van der Waals surface area contributed by atoms with E-state index in [1.165, 1.54) is 0 Å². The zero-order valence-corrected chi connectivity index (χ0v) is 15.8. The molecular weight excluding hydrogens is 345 g/mol. The molecule has 130 valence electrons. The van der Waals surface area contributed by atoms with Crippen molar-refractivity contribution >= 4 is 30.0 Å². The fraction of sp³-hybridized carbons (Fsp3) is 0.333. The molecule has 0 amide bonds. The van der Waals surface area contributed by atoms with Crippen LogP contribution in [0, 0.1) is 0 Å². The molecule has 0 saturated heterocycles. The van der Waals surface area contributed by atoms with Crippen LogP contribution in [0.1, 0.15) is 24.8 Å². The molecule has 1 N–H and O–H groups in total. The highest BCUT2D eigenvalue weighted by Gasteiger charge is 2.36. The second-order valence-electron chi connectivity index (χ2n) is 5.77. The molecule has 0 bridgehead atoms. The third-order valence-corrected chi connectivity index (χ3v) is 6.48. The van der Waals surface area contributed by atoms with Gasteiger partial charge in [0.2, 0.25) is 0 Å². The fourth-order valence-corrected chi connectivity index (χ4v) is 4.58. The van der Waals surface area contributed by atoms with Gasteiger partial charge in [-0.1, -0.05) is 30.7 Å². The lowest BCUT2D eigenvalue weighted by molar-refractivity contribution is 0.214. The smallest absolute Gasteiger partial charge is 0.264 e. The van der Waals surface area contributed by atoms with Gasteiger partial charge in [-0.25, -0.2) is 0 Å². The van der Waals surface area contributed by atoms with Crippen molar-refractivity contribution in [2.24, 2.45) is 0 Å². The predicted octanol–water partition coefficient (Wildman–Crippen LogP) is 4.43. The van der Waals surface area contributed by atoms with E-state index < -0.39 is 13.2 Å². The molecule has 0 fully saturated rings. The first-order valence-electron chi connectivity index (χ1n) is 7.84. The third kappa shape index (κ3) is 4.20. The zero-order valence-electron chi connectivity index (χ0n) is 14.1. The topological polar surface area (TPSA) is 49.8 Å². The van der Waals surface area contributed by atoms with Gasteiger partial charge in [-0.05, 0) is 48.4 Å². The van der Waals surface area contributed by atoms with Gasteiger partial charge in [0.05, 0.1) is 6.61 Å². The maximum atomic E-state index is 13.5. The Balaban J connectivity index is 2.41. The van der Waals surface area contributed by atoms with E-state index in [-0.39, 0.29) is 0 Å². The van der Waals surface area contributed by atoms with Gasteiger partial charge >= 0.3 is 0 Å². The van der Waals surface area contributed by atoms with Crippen molar-refractivity contribution in [1.29, 1.82) is 0 Å². The first-order chi connectivity index (χ1) is 11.4. The Morgan fingerprint density at radius 1 is 1.12 bits per heavy atom. The van der Waals surface area contributed by atoms with E-state index in [9.17, 15) is 9.67 Å². The highest BCUT2D eigenvalue weighted by Crippen LogP contribution is 2.57. The predicted molar refractivity (Wildman–Crippen MR) is 101 cm³/mol. The van der Waals surface area contributed by atoms with Gasteiger partial charge in [0, 0.05) is 30.1 Å². The average molecular weight is 368 g/mol. The number of aliphatic hydroxyl groups is 1. The molecule has 6 heteroatoms. The highest BCUT2D eigenvalue weighted by molar-refractivity contribution is 7.67. The monoisotopic (exact) mass is 367 g/mol. The second-order valence-corrected chi connectivity index (χ2v) is 8.66. The van der Waals surface area contributed by atoms with E-state index in [1.54, 1.807) is 36.4 Å². The molecule has 0 aliphatic carbocycles. The molecule has 0 unspecified atom stereocenters. The van der Waals surface area contributed by atoms with Gasteiger partial charge < -0.3 is 14.5 Å². The van der Waals surface area contributed by atoms with Crippen molar-refractivity contribution in [1.82, 2.24) is 0 Å². The Morgan fingerprint density at radius 3 is 2.21 bits per heavy atom. The molecule has 0 aliphatic rings. The van der Waals surface area contributed by atoms with E-state index in [0.29, 0.717) is 28.9 Å². The summed E-state index contributed by atoms with van der Waals surface area (Å²) >= 11 is 5.89. The minimum Gasteiger partial charge on any atom is -0.378 e. The van der Waals surface area contributed by atoms with E-state index in [1.807, 2.05) is 38.1 Å². The zero-order chi connectivity index (χ0) is 17.7. The first kappa shape index (κ1) is 19.0. The van der Waals surface area contributed by atoms with Crippen molar-refractivity contribution in [2.75, 3.05) is 25.6 Å². The number of anilines is 1. The molecule has 0 saturated carbocycles. The summed E-state index contributed by atoms with van der Waals surface area (Å²) in [6.07, 6.45) is 0.715. The lowest BCUT2D eigenvalue weighted by Crippen LogP contribution is -2.16. The number of aliphatic hydroxyl groups excluding tert-OH is 1. The van der Waals surface area contributed by atoms with E-state index in [2.05, 4.69) is 0 Å². The Hall–Kier alpha value is -1.32. The molecule has 2 atom stereocenters. The highest BCUT2D eigenvalue weighted by atomic mass is 35.5. The standard InChI is InChI=1S/C18H23ClNO3P/c1-4-13-23-24(22,17-11-9-16(10-12-17)20(2)3)18(21)14-5-7-15(19)8-6-14/h5-12,18,21H,4,13H2,1-3H3/t18-,24-/m0/s1. The molecule has 2 rings (SSSR count). The molecular formula is C18H23ClNO3P. The number of rotatable bonds is 7. The first-order valence-corrected chi connectivity index (χ1v) is 9.91. The summed E-state index contributed by atoms with van der Waals surface area (Å²) in [6.45, 7) is 2.26. The lowest BCUT2D eigenvalue weighted by Gasteiger charge is -2.25. The maximum absolute atomic E-state index is 13.5. The maximum Gasteiger partial charge on any atom is 0.264 e. The number of halogens is 1. The number of hydrogen-bond donors (Lipinski definition) is 1. The van der Waals surface area contributed by atoms with Crippen LogP contribution in [0.25, 0.3) is 0 Å². The fourth-order valence-electron chi connectivity index (χ4n) is 2.30. The van der Waals surface area contributed by atoms with Crippen LogP contribution in [0.5, 0.6) is 0 Å². The van der Waals surface area contributed by atoms with Crippen molar-refractivity contribution in [3.05, 3.63) is 59.1 Å². The quantitative estimate of drug-likeness (QED) is 0.736. The van der Waals surface area contributed by atoms with Crippen LogP contribution in [-0.4, -0.2) is 25.8 Å². The molecule has 24 heavy (non-hydrogen) atoms. The number of hydrogen-bond acceptors (Lipinski definition) is 4. The molecule has 0 heterocycles. The van der Waals surface area contributed by atoms with Crippen molar-refractivity contribution in [3.8, 4) is 0 Å². The molecule has 0 aromatic heterocycles. The number of benzene rings is 2. The van der Waals surface area contributed by atoms with Gasteiger partial charge in [-0.15, -0.1) is 0 Å². The molecule has 2 aromatic carbocycles.